The molecule has 0 fully saturated rings. The highest BCUT2D eigenvalue weighted by molar-refractivity contribution is 9.10. The van der Waals surface area contributed by atoms with Crippen LogP contribution in [0.3, 0.4) is 0 Å². The zero-order valence-corrected chi connectivity index (χ0v) is 11.9. The van der Waals surface area contributed by atoms with Gasteiger partial charge in [0.1, 0.15) is 0 Å². The molecule has 0 aliphatic heterocycles. The summed E-state index contributed by atoms with van der Waals surface area (Å²) >= 11 is 3.42. The minimum absolute atomic E-state index is 0.373. The summed E-state index contributed by atoms with van der Waals surface area (Å²) in [7, 11) is 0. The molecule has 0 saturated heterocycles. The smallest absolute Gasteiger partial charge is 0.0576 e. The Morgan fingerprint density at radius 3 is 2.62 bits per heavy atom. The molecule has 0 spiro atoms. The van der Waals surface area contributed by atoms with Crippen molar-refractivity contribution >= 4 is 15.9 Å². The van der Waals surface area contributed by atoms with Gasteiger partial charge in [0.25, 0.3) is 0 Å². The molecule has 2 nitrogen and oxygen atoms in total. The molecule has 2 atom stereocenters. The maximum absolute atomic E-state index is 4.49. The maximum Gasteiger partial charge on any atom is 0.0576 e. The quantitative estimate of drug-likeness (QED) is 0.856. The van der Waals surface area contributed by atoms with Crippen LogP contribution in [0.2, 0.25) is 0 Å². The van der Waals surface area contributed by atoms with Gasteiger partial charge in [-0.05, 0) is 46.9 Å². The Labute approximate surface area is 107 Å². The second kappa shape index (κ2) is 7.02. The lowest BCUT2D eigenvalue weighted by atomic mass is 9.96. The lowest BCUT2D eigenvalue weighted by Crippen LogP contribution is -2.28. The number of nitrogens with one attached hydrogen (secondary N) is 1. The molecular formula is C13H21BrN2. The third-order valence-corrected chi connectivity index (χ3v) is 3.37. The SMILES string of the molecule is CCCNC(c1ccc(Br)cn1)C(C)CC. The number of nitrogens with zero attached hydrogens (tertiary/aromatic N) is 1. The van der Waals surface area contributed by atoms with Gasteiger partial charge in [0.15, 0.2) is 0 Å². The summed E-state index contributed by atoms with van der Waals surface area (Å²) < 4.78 is 1.04. The first-order valence-corrected chi connectivity index (χ1v) is 6.83. The number of halogens is 1. The van der Waals surface area contributed by atoms with Gasteiger partial charge in [-0.1, -0.05) is 27.2 Å². The lowest BCUT2D eigenvalue weighted by Gasteiger charge is -2.23. The van der Waals surface area contributed by atoms with E-state index in [9.17, 15) is 0 Å². The molecule has 90 valence electrons. The topological polar surface area (TPSA) is 24.9 Å². The molecule has 0 radical (unpaired) electrons. The van der Waals surface area contributed by atoms with Crippen molar-refractivity contribution in [3.8, 4) is 0 Å². The summed E-state index contributed by atoms with van der Waals surface area (Å²) in [6.45, 7) is 7.74. The average molecular weight is 285 g/mol. The van der Waals surface area contributed by atoms with Crippen LogP contribution in [0.5, 0.6) is 0 Å². The van der Waals surface area contributed by atoms with Crippen molar-refractivity contribution in [2.75, 3.05) is 6.54 Å². The normalized spacial score (nSPS) is 14.8. The standard InChI is InChI=1S/C13H21BrN2/c1-4-8-15-13(10(3)5-2)12-7-6-11(14)9-16-12/h6-7,9-10,13,15H,4-5,8H2,1-3H3. The molecule has 1 aromatic rings. The van der Waals surface area contributed by atoms with Crippen LogP contribution in [0.1, 0.15) is 45.3 Å². The van der Waals surface area contributed by atoms with Gasteiger partial charge in [-0.2, -0.15) is 0 Å². The van der Waals surface area contributed by atoms with Gasteiger partial charge in [0.2, 0.25) is 0 Å². The van der Waals surface area contributed by atoms with E-state index in [1.807, 2.05) is 6.20 Å². The highest BCUT2D eigenvalue weighted by Gasteiger charge is 2.17. The summed E-state index contributed by atoms with van der Waals surface area (Å²) in [4.78, 5) is 4.49. The van der Waals surface area contributed by atoms with Crippen LogP contribution in [0, 0.1) is 5.92 Å². The fraction of sp³-hybridized carbons (Fsp3) is 0.615. The summed E-state index contributed by atoms with van der Waals surface area (Å²) in [6, 6.07) is 4.53. The van der Waals surface area contributed by atoms with Crippen molar-refractivity contribution < 1.29 is 0 Å². The summed E-state index contributed by atoms with van der Waals surface area (Å²) in [6.07, 6.45) is 4.20. The van der Waals surface area contributed by atoms with E-state index < -0.39 is 0 Å². The maximum atomic E-state index is 4.49. The van der Waals surface area contributed by atoms with E-state index in [1.165, 1.54) is 6.42 Å². The van der Waals surface area contributed by atoms with Crippen LogP contribution in [0.15, 0.2) is 22.8 Å². The third kappa shape index (κ3) is 3.87. The molecule has 1 rings (SSSR count). The molecule has 0 aliphatic carbocycles. The molecule has 0 aliphatic rings. The Kier molecular flexibility index (Phi) is 5.99. The zero-order chi connectivity index (χ0) is 12.0. The molecule has 0 bridgehead atoms. The summed E-state index contributed by atoms with van der Waals surface area (Å²) in [5.74, 6) is 0.611. The van der Waals surface area contributed by atoms with E-state index in [2.05, 4.69) is 59.1 Å². The van der Waals surface area contributed by atoms with Gasteiger partial charge >= 0.3 is 0 Å². The Morgan fingerprint density at radius 2 is 2.12 bits per heavy atom. The fourth-order valence-electron chi connectivity index (χ4n) is 1.70. The Balaban J connectivity index is 2.78. The molecule has 0 saturated carbocycles. The minimum Gasteiger partial charge on any atom is -0.308 e. The van der Waals surface area contributed by atoms with Gasteiger partial charge in [-0.3, -0.25) is 4.98 Å². The van der Waals surface area contributed by atoms with Crippen LogP contribution in [0.4, 0.5) is 0 Å². The number of hydrogen-bond acceptors (Lipinski definition) is 2. The molecule has 0 aromatic carbocycles. The summed E-state index contributed by atoms with van der Waals surface area (Å²) in [5.41, 5.74) is 1.14. The van der Waals surface area contributed by atoms with Crippen molar-refractivity contribution in [3.63, 3.8) is 0 Å². The molecule has 3 heteroatoms. The van der Waals surface area contributed by atoms with E-state index in [0.29, 0.717) is 12.0 Å². The van der Waals surface area contributed by atoms with Crippen molar-refractivity contribution in [1.82, 2.24) is 10.3 Å². The predicted molar refractivity (Wildman–Crippen MR) is 72.4 cm³/mol. The van der Waals surface area contributed by atoms with Crippen molar-refractivity contribution in [3.05, 3.63) is 28.5 Å². The van der Waals surface area contributed by atoms with Gasteiger partial charge in [0, 0.05) is 10.7 Å². The van der Waals surface area contributed by atoms with Gasteiger partial charge in [0.05, 0.1) is 11.7 Å². The van der Waals surface area contributed by atoms with Gasteiger partial charge < -0.3 is 5.32 Å². The van der Waals surface area contributed by atoms with Crippen LogP contribution < -0.4 is 5.32 Å². The molecule has 0 amide bonds. The second-order valence-electron chi connectivity index (χ2n) is 4.22. The average Bonchev–Trinajstić information content (AvgIpc) is 2.31. The zero-order valence-electron chi connectivity index (χ0n) is 10.3. The largest absolute Gasteiger partial charge is 0.308 e. The van der Waals surface area contributed by atoms with Gasteiger partial charge in [-0.15, -0.1) is 0 Å². The monoisotopic (exact) mass is 284 g/mol. The molecule has 1 N–H and O–H groups in total. The highest BCUT2D eigenvalue weighted by Crippen LogP contribution is 2.23. The first-order valence-electron chi connectivity index (χ1n) is 6.03. The van der Waals surface area contributed by atoms with E-state index >= 15 is 0 Å². The molecule has 1 aromatic heterocycles. The number of hydrogen-bond donors (Lipinski definition) is 1. The summed E-state index contributed by atoms with van der Waals surface area (Å²) in [5, 5.41) is 3.58. The van der Waals surface area contributed by atoms with Crippen LogP contribution in [-0.2, 0) is 0 Å². The van der Waals surface area contributed by atoms with E-state index in [-0.39, 0.29) is 0 Å². The first-order chi connectivity index (χ1) is 7.69. The number of pyridine rings is 1. The number of rotatable bonds is 6. The van der Waals surface area contributed by atoms with Crippen LogP contribution in [-0.4, -0.2) is 11.5 Å². The third-order valence-electron chi connectivity index (χ3n) is 2.90. The highest BCUT2D eigenvalue weighted by atomic mass is 79.9. The minimum atomic E-state index is 0.373. The molecular weight excluding hydrogens is 264 g/mol. The molecule has 16 heavy (non-hydrogen) atoms. The van der Waals surface area contributed by atoms with E-state index in [1.54, 1.807) is 0 Å². The van der Waals surface area contributed by atoms with Crippen molar-refractivity contribution in [2.45, 2.75) is 39.7 Å². The Morgan fingerprint density at radius 1 is 1.38 bits per heavy atom. The Bertz CT molecular complexity index is 297. The lowest BCUT2D eigenvalue weighted by molar-refractivity contribution is 0.370. The van der Waals surface area contributed by atoms with Crippen LogP contribution >= 0.6 is 15.9 Å². The van der Waals surface area contributed by atoms with Crippen molar-refractivity contribution in [2.24, 2.45) is 5.92 Å². The second-order valence-corrected chi connectivity index (χ2v) is 5.13. The van der Waals surface area contributed by atoms with Gasteiger partial charge in [-0.25, -0.2) is 0 Å². The van der Waals surface area contributed by atoms with E-state index in [4.69, 9.17) is 0 Å². The predicted octanol–water partition coefficient (Wildman–Crippen LogP) is 3.93. The van der Waals surface area contributed by atoms with E-state index in [0.717, 1.165) is 23.1 Å². The number of aromatic nitrogens is 1. The van der Waals surface area contributed by atoms with Crippen LogP contribution in [0.25, 0.3) is 0 Å². The van der Waals surface area contributed by atoms with Crippen molar-refractivity contribution in [1.29, 1.82) is 0 Å². The molecule has 1 heterocycles. The molecule has 2 unspecified atom stereocenters. The Hall–Kier alpha value is -0.410. The fourth-order valence-corrected chi connectivity index (χ4v) is 1.94. The first kappa shape index (κ1) is 13.7.